The van der Waals surface area contributed by atoms with Crippen molar-refractivity contribution in [1.82, 2.24) is 5.32 Å². The lowest BCUT2D eigenvalue weighted by atomic mass is 10.0. The number of carbonyl (C=O) groups excluding carboxylic acids is 1. The highest BCUT2D eigenvalue weighted by Crippen LogP contribution is 2.23. The summed E-state index contributed by atoms with van der Waals surface area (Å²) >= 11 is 0. The standard InChI is InChI=1S/C14H18F3NO2/c1-9(2)7-10(3)18-13(19)11-5-4-6-12(8-11)20-14(15,16)17/h4-6,8-10H,7H2,1-3H3,(H,18,19)/t10-/m1/s1. The van der Waals surface area contributed by atoms with Crippen molar-refractivity contribution >= 4 is 5.91 Å². The molecule has 20 heavy (non-hydrogen) atoms. The largest absolute Gasteiger partial charge is 0.573 e. The van der Waals surface area contributed by atoms with Gasteiger partial charge in [0.05, 0.1) is 0 Å². The van der Waals surface area contributed by atoms with Gasteiger partial charge >= 0.3 is 6.36 Å². The third kappa shape index (κ3) is 5.95. The Kier molecular flexibility index (Phi) is 5.42. The summed E-state index contributed by atoms with van der Waals surface area (Å²) in [6, 6.07) is 4.98. The molecule has 1 amide bonds. The molecule has 1 atom stereocenters. The van der Waals surface area contributed by atoms with Gasteiger partial charge < -0.3 is 10.1 Å². The lowest BCUT2D eigenvalue weighted by Crippen LogP contribution is -2.33. The Balaban J connectivity index is 2.71. The molecular formula is C14H18F3NO2. The zero-order valence-electron chi connectivity index (χ0n) is 11.6. The van der Waals surface area contributed by atoms with Gasteiger partial charge in [-0.05, 0) is 37.5 Å². The van der Waals surface area contributed by atoms with Crippen LogP contribution in [0.15, 0.2) is 24.3 Å². The molecule has 3 nitrogen and oxygen atoms in total. The Hall–Kier alpha value is -1.72. The number of hydrogen-bond donors (Lipinski definition) is 1. The highest BCUT2D eigenvalue weighted by Gasteiger charge is 2.31. The maximum absolute atomic E-state index is 12.1. The van der Waals surface area contributed by atoms with E-state index in [2.05, 4.69) is 10.1 Å². The number of nitrogens with one attached hydrogen (secondary N) is 1. The lowest BCUT2D eigenvalue weighted by Gasteiger charge is -2.16. The van der Waals surface area contributed by atoms with Crippen LogP contribution in [0.2, 0.25) is 0 Å². The zero-order valence-corrected chi connectivity index (χ0v) is 11.6. The summed E-state index contributed by atoms with van der Waals surface area (Å²) in [6.45, 7) is 5.91. The Morgan fingerprint density at radius 1 is 1.30 bits per heavy atom. The van der Waals surface area contributed by atoms with Crippen LogP contribution in [0.25, 0.3) is 0 Å². The molecule has 0 spiro atoms. The van der Waals surface area contributed by atoms with Crippen molar-refractivity contribution < 1.29 is 22.7 Å². The number of benzene rings is 1. The molecule has 0 saturated carbocycles. The quantitative estimate of drug-likeness (QED) is 0.896. The van der Waals surface area contributed by atoms with Crippen molar-refractivity contribution in [3.05, 3.63) is 29.8 Å². The first kappa shape index (κ1) is 16.3. The number of amides is 1. The number of ether oxygens (including phenoxy) is 1. The molecule has 1 aromatic rings. The number of halogens is 3. The highest BCUT2D eigenvalue weighted by molar-refractivity contribution is 5.94. The van der Waals surface area contributed by atoms with E-state index in [0.29, 0.717) is 5.92 Å². The van der Waals surface area contributed by atoms with Crippen LogP contribution >= 0.6 is 0 Å². The molecule has 0 aliphatic heterocycles. The monoisotopic (exact) mass is 289 g/mol. The van der Waals surface area contributed by atoms with Gasteiger partial charge in [-0.3, -0.25) is 4.79 Å². The van der Waals surface area contributed by atoms with E-state index in [0.717, 1.165) is 18.6 Å². The molecule has 1 N–H and O–H groups in total. The minimum absolute atomic E-state index is 0.0466. The predicted octanol–water partition coefficient (Wildman–Crippen LogP) is 3.75. The zero-order chi connectivity index (χ0) is 15.3. The highest BCUT2D eigenvalue weighted by atomic mass is 19.4. The van der Waals surface area contributed by atoms with E-state index in [1.54, 1.807) is 0 Å². The van der Waals surface area contributed by atoms with Crippen LogP contribution in [0.1, 0.15) is 37.6 Å². The van der Waals surface area contributed by atoms with Crippen LogP contribution in [-0.2, 0) is 0 Å². The second-order valence-corrected chi connectivity index (χ2v) is 5.08. The summed E-state index contributed by atoms with van der Waals surface area (Å²) in [7, 11) is 0. The van der Waals surface area contributed by atoms with E-state index >= 15 is 0 Å². The summed E-state index contributed by atoms with van der Waals surface area (Å²) in [5.74, 6) is -0.391. The molecule has 6 heteroatoms. The number of alkyl halides is 3. The van der Waals surface area contributed by atoms with Gasteiger partial charge in [-0.15, -0.1) is 13.2 Å². The van der Waals surface area contributed by atoms with Crippen LogP contribution in [0.5, 0.6) is 5.75 Å². The second kappa shape index (κ2) is 6.63. The van der Waals surface area contributed by atoms with E-state index in [-0.39, 0.29) is 11.6 Å². The summed E-state index contributed by atoms with van der Waals surface area (Å²) in [5.41, 5.74) is 0.141. The van der Waals surface area contributed by atoms with Gasteiger partial charge in [0.2, 0.25) is 0 Å². The van der Waals surface area contributed by atoms with Gasteiger partial charge in [-0.2, -0.15) is 0 Å². The van der Waals surface area contributed by atoms with E-state index in [1.165, 1.54) is 12.1 Å². The number of hydrogen-bond acceptors (Lipinski definition) is 2. The van der Waals surface area contributed by atoms with Gasteiger partial charge in [0, 0.05) is 11.6 Å². The first-order chi connectivity index (χ1) is 9.17. The van der Waals surface area contributed by atoms with Crippen molar-refractivity contribution in [1.29, 1.82) is 0 Å². The number of rotatable bonds is 5. The molecule has 0 radical (unpaired) electrons. The average molecular weight is 289 g/mol. The Labute approximate surface area is 116 Å². The SMILES string of the molecule is CC(C)C[C@@H](C)NC(=O)c1cccc(OC(F)(F)F)c1. The molecule has 1 rings (SSSR count). The molecule has 0 saturated heterocycles. The molecule has 0 heterocycles. The molecule has 0 fully saturated rings. The van der Waals surface area contributed by atoms with Crippen molar-refractivity contribution in [3.8, 4) is 5.75 Å². The maximum Gasteiger partial charge on any atom is 0.573 e. The second-order valence-electron chi connectivity index (χ2n) is 5.08. The van der Waals surface area contributed by atoms with Gasteiger partial charge in [0.25, 0.3) is 5.91 Å². The summed E-state index contributed by atoms with van der Waals surface area (Å²) in [5, 5.41) is 2.74. The van der Waals surface area contributed by atoms with Gasteiger partial charge in [0.1, 0.15) is 5.75 Å². The number of carbonyl (C=O) groups is 1. The molecule has 0 aromatic heterocycles. The van der Waals surface area contributed by atoms with E-state index in [4.69, 9.17) is 0 Å². The van der Waals surface area contributed by atoms with Crippen molar-refractivity contribution in [3.63, 3.8) is 0 Å². The topological polar surface area (TPSA) is 38.3 Å². The van der Waals surface area contributed by atoms with Crippen molar-refractivity contribution in [2.24, 2.45) is 5.92 Å². The smallest absolute Gasteiger partial charge is 0.406 e. The fraction of sp³-hybridized carbons (Fsp3) is 0.500. The molecule has 0 aliphatic carbocycles. The van der Waals surface area contributed by atoms with Crippen molar-refractivity contribution in [2.75, 3.05) is 0 Å². The molecule has 0 aliphatic rings. The van der Waals surface area contributed by atoms with Crippen LogP contribution in [0.4, 0.5) is 13.2 Å². The molecule has 0 unspecified atom stereocenters. The first-order valence-electron chi connectivity index (χ1n) is 6.34. The molecule has 1 aromatic carbocycles. The average Bonchev–Trinajstić information content (AvgIpc) is 2.25. The Bertz CT molecular complexity index is 458. The summed E-state index contributed by atoms with van der Waals surface area (Å²) < 4.78 is 40.1. The predicted molar refractivity (Wildman–Crippen MR) is 69.5 cm³/mol. The van der Waals surface area contributed by atoms with Gasteiger partial charge in [0.15, 0.2) is 0 Å². The fourth-order valence-corrected chi connectivity index (χ4v) is 1.91. The van der Waals surface area contributed by atoms with E-state index < -0.39 is 18.0 Å². The van der Waals surface area contributed by atoms with Crippen LogP contribution in [0.3, 0.4) is 0 Å². The third-order valence-corrected chi connectivity index (χ3v) is 2.53. The normalized spacial score (nSPS) is 13.2. The van der Waals surface area contributed by atoms with Gasteiger partial charge in [-0.1, -0.05) is 19.9 Å². The molecular weight excluding hydrogens is 271 g/mol. The lowest BCUT2D eigenvalue weighted by molar-refractivity contribution is -0.274. The van der Waals surface area contributed by atoms with E-state index in [1.807, 2.05) is 20.8 Å². The summed E-state index contributed by atoms with van der Waals surface area (Å²) in [4.78, 5) is 11.9. The molecule has 0 bridgehead atoms. The fourth-order valence-electron chi connectivity index (χ4n) is 1.91. The summed E-state index contributed by atoms with van der Waals surface area (Å²) in [6.07, 6.45) is -3.97. The van der Waals surface area contributed by atoms with Crippen molar-refractivity contribution in [2.45, 2.75) is 39.6 Å². The van der Waals surface area contributed by atoms with Crippen LogP contribution in [-0.4, -0.2) is 18.3 Å². The van der Waals surface area contributed by atoms with Gasteiger partial charge in [-0.25, -0.2) is 0 Å². The Morgan fingerprint density at radius 3 is 2.50 bits per heavy atom. The Morgan fingerprint density at radius 2 is 1.95 bits per heavy atom. The first-order valence-corrected chi connectivity index (χ1v) is 6.34. The minimum atomic E-state index is -4.76. The van der Waals surface area contributed by atoms with E-state index in [9.17, 15) is 18.0 Å². The minimum Gasteiger partial charge on any atom is -0.406 e. The van der Waals surface area contributed by atoms with Crippen LogP contribution in [0, 0.1) is 5.92 Å². The molecule has 112 valence electrons. The van der Waals surface area contributed by atoms with Crippen LogP contribution < -0.4 is 10.1 Å². The third-order valence-electron chi connectivity index (χ3n) is 2.53. The maximum atomic E-state index is 12.1.